The van der Waals surface area contributed by atoms with Gasteiger partial charge in [0.2, 0.25) is 0 Å². The van der Waals surface area contributed by atoms with Crippen molar-refractivity contribution < 1.29 is 0 Å². The summed E-state index contributed by atoms with van der Waals surface area (Å²) in [5.41, 5.74) is 7.44. The zero-order valence-corrected chi connectivity index (χ0v) is 21.8. The molecule has 33 heavy (non-hydrogen) atoms. The molecule has 2 aromatic carbocycles. The van der Waals surface area contributed by atoms with E-state index < -0.39 is 0 Å². The third-order valence-electron chi connectivity index (χ3n) is 4.70. The standard InChI is InChI=1S/C21H21NO.C3H9N.C2H6.C2H4.C2H2/c1-5-6-17-15(4)21(23)22-18-12-9-14(3)19(20(17)18)16-10-7-13(2)8-11-16;1-3-4-2;3*1-2/h5-12H,1-4H3,(H,22,23);4H,3H2,1-2H3;1-2H3;1-2H2;1-2H/b6-5-;;;;. The maximum Gasteiger partial charge on any atom is 0.251 e. The molecule has 0 bridgehead atoms. The average molecular weight is 447 g/mol. The fraction of sp³-hybridized carbons (Fsp3) is 0.300. The first-order valence-electron chi connectivity index (χ1n) is 11.3. The summed E-state index contributed by atoms with van der Waals surface area (Å²) in [5, 5.41) is 4.05. The van der Waals surface area contributed by atoms with E-state index in [9.17, 15) is 4.79 Å². The van der Waals surface area contributed by atoms with Crippen LogP contribution in [0.1, 0.15) is 49.9 Å². The molecule has 0 atom stereocenters. The van der Waals surface area contributed by atoms with Gasteiger partial charge in [0.1, 0.15) is 0 Å². The summed E-state index contributed by atoms with van der Waals surface area (Å²) < 4.78 is 0. The quantitative estimate of drug-likeness (QED) is 0.324. The van der Waals surface area contributed by atoms with E-state index in [0.717, 1.165) is 28.6 Å². The molecule has 3 rings (SSSR count). The molecule has 3 aromatic rings. The number of terminal acetylenes is 1. The lowest BCUT2D eigenvalue weighted by atomic mass is 9.91. The highest BCUT2D eigenvalue weighted by molar-refractivity contribution is 6.02. The first-order valence-corrected chi connectivity index (χ1v) is 11.3. The fourth-order valence-electron chi connectivity index (χ4n) is 3.08. The largest absolute Gasteiger partial charge is 0.322 e. The maximum absolute atomic E-state index is 12.2. The van der Waals surface area contributed by atoms with Crippen molar-refractivity contribution in [3.05, 3.63) is 88.2 Å². The molecule has 1 heterocycles. The second-order valence-corrected chi connectivity index (χ2v) is 6.75. The highest BCUT2D eigenvalue weighted by atomic mass is 16.1. The van der Waals surface area contributed by atoms with Gasteiger partial charge >= 0.3 is 0 Å². The van der Waals surface area contributed by atoms with Gasteiger partial charge in [-0.2, -0.15) is 0 Å². The molecule has 3 nitrogen and oxygen atoms in total. The van der Waals surface area contributed by atoms with Gasteiger partial charge in [0.05, 0.1) is 0 Å². The monoisotopic (exact) mass is 446 g/mol. The number of allylic oxidation sites excluding steroid dienone is 1. The third-order valence-corrected chi connectivity index (χ3v) is 4.70. The second kappa shape index (κ2) is 18.2. The summed E-state index contributed by atoms with van der Waals surface area (Å²) in [6.45, 7) is 21.2. The van der Waals surface area contributed by atoms with Crippen molar-refractivity contribution in [3.8, 4) is 24.0 Å². The highest BCUT2D eigenvalue weighted by Crippen LogP contribution is 2.34. The summed E-state index contributed by atoms with van der Waals surface area (Å²) in [7, 11) is 1.93. The molecule has 2 N–H and O–H groups in total. The van der Waals surface area contributed by atoms with Crippen molar-refractivity contribution in [2.75, 3.05) is 13.6 Å². The Morgan fingerprint density at radius 1 is 1.00 bits per heavy atom. The van der Waals surface area contributed by atoms with Crippen molar-refractivity contribution in [2.45, 2.75) is 48.5 Å². The molecule has 1 aromatic heterocycles. The maximum atomic E-state index is 12.2. The van der Waals surface area contributed by atoms with Crippen LogP contribution in [0.25, 0.3) is 28.1 Å². The fourth-order valence-corrected chi connectivity index (χ4v) is 3.08. The van der Waals surface area contributed by atoms with Gasteiger partial charge < -0.3 is 10.3 Å². The van der Waals surface area contributed by atoms with E-state index in [0.29, 0.717) is 0 Å². The summed E-state index contributed by atoms with van der Waals surface area (Å²) >= 11 is 0. The number of aryl methyl sites for hydroxylation is 2. The number of hydrogen-bond acceptors (Lipinski definition) is 2. The van der Waals surface area contributed by atoms with E-state index in [2.05, 4.69) is 87.4 Å². The number of pyridine rings is 1. The zero-order chi connectivity index (χ0) is 26.0. The van der Waals surface area contributed by atoms with Crippen molar-refractivity contribution in [3.63, 3.8) is 0 Å². The lowest BCUT2D eigenvalue weighted by molar-refractivity contribution is 0.864. The van der Waals surface area contributed by atoms with E-state index in [1.807, 2.05) is 53.0 Å². The third kappa shape index (κ3) is 8.96. The first kappa shape index (κ1) is 31.8. The molecular weight excluding hydrogens is 404 g/mol. The molecule has 0 radical (unpaired) electrons. The minimum absolute atomic E-state index is 0.0238. The Hall–Kier alpha value is -3.35. The van der Waals surface area contributed by atoms with Crippen LogP contribution < -0.4 is 10.9 Å². The van der Waals surface area contributed by atoms with Gasteiger partial charge in [-0.05, 0) is 69.6 Å². The number of aromatic amines is 1. The lowest BCUT2D eigenvalue weighted by Crippen LogP contribution is -2.12. The smallest absolute Gasteiger partial charge is 0.251 e. The van der Waals surface area contributed by atoms with Crippen LogP contribution in [0.4, 0.5) is 0 Å². The number of aromatic nitrogens is 1. The molecule has 0 fully saturated rings. The van der Waals surface area contributed by atoms with Crippen LogP contribution in [-0.4, -0.2) is 18.6 Å². The summed E-state index contributed by atoms with van der Waals surface area (Å²) in [6, 6.07) is 12.6. The Morgan fingerprint density at radius 2 is 1.52 bits per heavy atom. The summed E-state index contributed by atoms with van der Waals surface area (Å²) in [4.78, 5) is 15.2. The van der Waals surface area contributed by atoms with Gasteiger partial charge in [0, 0.05) is 16.5 Å². The number of hydrogen-bond donors (Lipinski definition) is 2. The Kier molecular flexibility index (Phi) is 17.6. The Labute approximate surface area is 201 Å². The minimum atomic E-state index is -0.0238. The molecule has 0 unspecified atom stereocenters. The summed E-state index contributed by atoms with van der Waals surface area (Å²) in [6.07, 6.45) is 12.0. The molecule has 0 aliphatic rings. The molecule has 0 aliphatic carbocycles. The number of H-pyrrole nitrogens is 1. The second-order valence-electron chi connectivity index (χ2n) is 6.75. The van der Waals surface area contributed by atoms with Gasteiger partial charge in [0.15, 0.2) is 0 Å². The predicted molar refractivity (Wildman–Crippen MR) is 151 cm³/mol. The van der Waals surface area contributed by atoms with Crippen LogP contribution in [0.2, 0.25) is 0 Å². The average Bonchev–Trinajstić information content (AvgIpc) is 2.87. The molecule has 0 aliphatic heterocycles. The van der Waals surface area contributed by atoms with Crippen LogP contribution in [0.5, 0.6) is 0 Å². The number of fused-ring (bicyclic) bond motifs is 1. The van der Waals surface area contributed by atoms with Gasteiger partial charge in [-0.15, -0.1) is 26.0 Å². The Morgan fingerprint density at radius 3 is 1.97 bits per heavy atom. The van der Waals surface area contributed by atoms with Gasteiger partial charge in [0.25, 0.3) is 5.56 Å². The Balaban J connectivity index is 0. The number of benzene rings is 2. The van der Waals surface area contributed by atoms with Gasteiger partial charge in [-0.1, -0.05) is 68.8 Å². The van der Waals surface area contributed by atoms with E-state index in [-0.39, 0.29) is 5.56 Å². The highest BCUT2D eigenvalue weighted by Gasteiger charge is 2.14. The van der Waals surface area contributed by atoms with Crippen LogP contribution in [-0.2, 0) is 0 Å². The van der Waals surface area contributed by atoms with E-state index >= 15 is 0 Å². The molecule has 0 saturated carbocycles. The summed E-state index contributed by atoms with van der Waals surface area (Å²) in [5.74, 6) is 0. The van der Waals surface area contributed by atoms with Crippen LogP contribution in [0.3, 0.4) is 0 Å². The number of nitrogens with one attached hydrogen (secondary N) is 2. The topological polar surface area (TPSA) is 44.9 Å². The zero-order valence-electron chi connectivity index (χ0n) is 21.8. The molecule has 0 saturated heterocycles. The van der Waals surface area contributed by atoms with Crippen LogP contribution in [0.15, 0.2) is 60.4 Å². The van der Waals surface area contributed by atoms with E-state index in [1.54, 1.807) is 0 Å². The normalized spacial score (nSPS) is 9.27. The van der Waals surface area contributed by atoms with Crippen LogP contribution >= 0.6 is 0 Å². The first-order chi connectivity index (χ1) is 15.9. The van der Waals surface area contributed by atoms with Crippen molar-refractivity contribution >= 4 is 17.0 Å². The van der Waals surface area contributed by atoms with E-state index in [1.165, 1.54) is 22.3 Å². The van der Waals surface area contributed by atoms with Crippen molar-refractivity contribution in [1.82, 2.24) is 10.3 Å². The molecule has 178 valence electrons. The van der Waals surface area contributed by atoms with Crippen molar-refractivity contribution in [2.24, 2.45) is 0 Å². The minimum Gasteiger partial charge on any atom is -0.322 e. The predicted octanol–water partition coefficient (Wildman–Crippen LogP) is 7.46. The van der Waals surface area contributed by atoms with Gasteiger partial charge in [-0.3, -0.25) is 4.79 Å². The SMILES string of the molecule is C#C.C/C=C\c1c(C)c(=O)[nH]c2ccc(C)c(-c3ccc(C)cc3)c12.C=C.CC.CCNC. The van der Waals surface area contributed by atoms with Gasteiger partial charge in [-0.25, -0.2) is 0 Å². The van der Waals surface area contributed by atoms with Crippen molar-refractivity contribution in [1.29, 1.82) is 0 Å². The number of rotatable bonds is 3. The molecule has 3 heteroatoms. The molecule has 0 spiro atoms. The molecular formula is C30H42N2O. The van der Waals surface area contributed by atoms with E-state index in [4.69, 9.17) is 0 Å². The Bertz CT molecular complexity index is 1050. The lowest BCUT2D eigenvalue weighted by Gasteiger charge is -2.15. The van der Waals surface area contributed by atoms with Crippen LogP contribution in [0, 0.1) is 33.6 Å². The molecule has 0 amide bonds.